The van der Waals surface area contributed by atoms with Crippen LogP contribution in [0.15, 0.2) is 103 Å². The Morgan fingerprint density at radius 2 is 1.37 bits per heavy atom. The number of aryl methyl sites for hydroxylation is 1. The zero-order valence-corrected chi connectivity index (χ0v) is 22.1. The molecule has 4 aromatic rings. The molecule has 0 aromatic heterocycles. The molecule has 8 heteroatoms. The molecule has 0 bridgehead atoms. The van der Waals surface area contributed by atoms with Crippen molar-refractivity contribution < 1.29 is 22.7 Å². The Balaban J connectivity index is 1.28. The largest absolute Gasteiger partial charge is 0.489 e. The summed E-state index contributed by atoms with van der Waals surface area (Å²) in [6.07, 6.45) is 1.18. The van der Waals surface area contributed by atoms with Crippen LogP contribution in [0.5, 0.6) is 11.5 Å². The van der Waals surface area contributed by atoms with E-state index in [0.717, 1.165) is 16.7 Å². The molecule has 0 unspecified atom stereocenters. The lowest BCUT2D eigenvalue weighted by molar-refractivity contribution is -0.118. The smallest absolute Gasteiger partial charge is 0.262 e. The predicted molar refractivity (Wildman–Crippen MR) is 150 cm³/mol. The molecule has 0 saturated heterocycles. The summed E-state index contributed by atoms with van der Waals surface area (Å²) < 4.78 is 37.6. The van der Waals surface area contributed by atoms with Gasteiger partial charge in [-0.2, -0.15) is 0 Å². The number of hydrogen-bond donors (Lipinski definition) is 1. The molecule has 0 fully saturated rings. The van der Waals surface area contributed by atoms with Crippen LogP contribution in [0.25, 0.3) is 0 Å². The number of rotatable bonds is 11. The van der Waals surface area contributed by atoms with Gasteiger partial charge < -0.3 is 14.8 Å². The van der Waals surface area contributed by atoms with Gasteiger partial charge in [0.25, 0.3) is 5.91 Å². The van der Waals surface area contributed by atoms with Crippen LogP contribution in [-0.2, 0) is 28.0 Å². The molecular weight excluding hydrogens is 500 g/mol. The minimum absolute atomic E-state index is 0.190. The first-order chi connectivity index (χ1) is 18.3. The van der Waals surface area contributed by atoms with Gasteiger partial charge in [-0.25, -0.2) is 8.42 Å². The minimum atomic E-state index is -3.50. The molecule has 38 heavy (non-hydrogen) atoms. The van der Waals surface area contributed by atoms with Gasteiger partial charge in [0.05, 0.1) is 18.5 Å². The van der Waals surface area contributed by atoms with Crippen molar-refractivity contribution in [3.8, 4) is 11.5 Å². The molecule has 196 valence electrons. The van der Waals surface area contributed by atoms with Crippen LogP contribution < -0.4 is 19.1 Å². The van der Waals surface area contributed by atoms with Crippen LogP contribution in [-0.4, -0.2) is 27.2 Å². The lowest BCUT2D eigenvalue weighted by Crippen LogP contribution is -2.29. The van der Waals surface area contributed by atoms with Crippen LogP contribution in [0.1, 0.15) is 16.7 Å². The topological polar surface area (TPSA) is 84.9 Å². The van der Waals surface area contributed by atoms with Crippen LogP contribution in [0.4, 0.5) is 11.4 Å². The van der Waals surface area contributed by atoms with Crippen LogP contribution >= 0.6 is 0 Å². The van der Waals surface area contributed by atoms with Crippen LogP contribution in [0.2, 0.25) is 0 Å². The normalized spacial score (nSPS) is 11.0. The van der Waals surface area contributed by atoms with Crippen LogP contribution in [0.3, 0.4) is 0 Å². The van der Waals surface area contributed by atoms with E-state index in [1.165, 1.54) is 10.6 Å². The van der Waals surface area contributed by atoms with Gasteiger partial charge in [0.1, 0.15) is 18.1 Å². The third kappa shape index (κ3) is 7.85. The number of anilines is 2. The van der Waals surface area contributed by atoms with Gasteiger partial charge in [-0.15, -0.1) is 0 Å². The van der Waals surface area contributed by atoms with Crippen molar-refractivity contribution >= 4 is 27.3 Å². The third-order valence-corrected chi connectivity index (χ3v) is 6.87. The maximum absolute atomic E-state index is 12.4. The number of ether oxygens (including phenoxy) is 2. The molecule has 0 saturated carbocycles. The van der Waals surface area contributed by atoms with Gasteiger partial charge in [-0.05, 0) is 66.6 Å². The fourth-order valence-corrected chi connectivity index (χ4v) is 4.58. The lowest BCUT2D eigenvalue weighted by Gasteiger charge is -2.23. The predicted octanol–water partition coefficient (Wildman–Crippen LogP) is 5.56. The fraction of sp³-hybridized carbons (Fsp3) is 0.167. The molecular formula is C30H30N2O5S. The number of nitrogens with zero attached hydrogens (tertiary/aromatic N) is 1. The Kier molecular flexibility index (Phi) is 8.66. The van der Waals surface area contributed by atoms with Crippen molar-refractivity contribution in [2.24, 2.45) is 0 Å². The average Bonchev–Trinajstić information content (AvgIpc) is 2.91. The highest BCUT2D eigenvalue weighted by Gasteiger charge is 2.18. The van der Waals surface area contributed by atoms with Crippen LogP contribution in [0, 0.1) is 6.92 Å². The second-order valence-electron chi connectivity index (χ2n) is 8.88. The Morgan fingerprint density at radius 1 is 0.763 bits per heavy atom. The first-order valence-electron chi connectivity index (χ1n) is 12.1. The fourth-order valence-electron chi connectivity index (χ4n) is 3.69. The zero-order chi connectivity index (χ0) is 27.0. The van der Waals surface area contributed by atoms with E-state index in [0.29, 0.717) is 29.5 Å². The second kappa shape index (κ2) is 12.3. The van der Waals surface area contributed by atoms with E-state index in [1.54, 1.807) is 48.5 Å². The number of hydrogen-bond acceptors (Lipinski definition) is 5. The Labute approximate surface area is 223 Å². The van der Waals surface area contributed by atoms with Crippen molar-refractivity contribution in [2.75, 3.05) is 22.5 Å². The number of benzene rings is 4. The summed E-state index contributed by atoms with van der Waals surface area (Å²) in [6.45, 7) is 2.48. The van der Waals surface area contributed by atoms with E-state index in [1.807, 2.05) is 61.5 Å². The van der Waals surface area contributed by atoms with Crippen molar-refractivity contribution in [2.45, 2.75) is 20.1 Å². The molecule has 0 aliphatic carbocycles. The molecule has 0 radical (unpaired) electrons. The summed E-state index contributed by atoms with van der Waals surface area (Å²) >= 11 is 0. The van der Waals surface area contributed by atoms with E-state index in [2.05, 4.69) is 5.32 Å². The summed E-state index contributed by atoms with van der Waals surface area (Å²) in [6, 6.07) is 31.3. The molecule has 0 spiro atoms. The molecule has 0 aliphatic heterocycles. The Morgan fingerprint density at radius 3 is 2.00 bits per heavy atom. The van der Waals surface area contributed by atoms with E-state index in [9.17, 15) is 13.2 Å². The van der Waals surface area contributed by atoms with E-state index >= 15 is 0 Å². The summed E-state index contributed by atoms with van der Waals surface area (Å²) in [5.74, 6) is 0.843. The minimum Gasteiger partial charge on any atom is -0.489 e. The standard InChI is InChI=1S/C30H30N2O5S/c1-23-8-10-24(11-9-23)20-32(38(2,34)35)27-14-18-29(19-15-27)37-22-30(33)31-26-12-16-28(17-13-26)36-21-25-6-4-3-5-7-25/h3-19H,20-22H2,1-2H3,(H,31,33). The Bertz CT molecular complexity index is 1440. The highest BCUT2D eigenvalue weighted by atomic mass is 32.2. The SMILES string of the molecule is Cc1ccc(CN(c2ccc(OCC(=O)Nc3ccc(OCc4ccccc4)cc3)cc2)S(C)(=O)=O)cc1. The lowest BCUT2D eigenvalue weighted by atomic mass is 10.1. The number of carbonyl (C=O) groups excluding carboxylic acids is 1. The zero-order valence-electron chi connectivity index (χ0n) is 21.3. The van der Waals surface area contributed by atoms with Gasteiger partial charge in [-0.1, -0.05) is 60.2 Å². The number of amides is 1. The van der Waals surface area contributed by atoms with Gasteiger partial charge >= 0.3 is 0 Å². The van der Waals surface area contributed by atoms with Gasteiger partial charge in [0, 0.05) is 5.69 Å². The summed E-state index contributed by atoms with van der Waals surface area (Å²) in [4.78, 5) is 12.4. The van der Waals surface area contributed by atoms with Gasteiger partial charge in [-0.3, -0.25) is 9.10 Å². The number of carbonyl (C=O) groups is 1. The summed E-state index contributed by atoms with van der Waals surface area (Å²) in [5.41, 5.74) is 4.20. The van der Waals surface area contributed by atoms with Gasteiger partial charge in [0.2, 0.25) is 10.0 Å². The maximum Gasteiger partial charge on any atom is 0.262 e. The molecule has 0 heterocycles. The Hall–Kier alpha value is -4.30. The number of sulfonamides is 1. The highest BCUT2D eigenvalue weighted by molar-refractivity contribution is 7.92. The first kappa shape index (κ1) is 26.8. The number of nitrogens with one attached hydrogen (secondary N) is 1. The van der Waals surface area contributed by atoms with Crippen molar-refractivity contribution in [3.05, 3.63) is 120 Å². The molecule has 1 N–H and O–H groups in total. The summed E-state index contributed by atoms with van der Waals surface area (Å²) in [5, 5.41) is 2.79. The molecule has 4 aromatic carbocycles. The third-order valence-electron chi connectivity index (χ3n) is 5.73. The molecule has 1 amide bonds. The van der Waals surface area contributed by atoms with Gasteiger partial charge in [0.15, 0.2) is 6.61 Å². The quantitative estimate of drug-likeness (QED) is 0.275. The molecule has 0 aliphatic rings. The van der Waals surface area contributed by atoms with Crippen molar-refractivity contribution in [1.82, 2.24) is 0 Å². The van der Waals surface area contributed by atoms with Crippen molar-refractivity contribution in [1.29, 1.82) is 0 Å². The average molecular weight is 531 g/mol. The summed E-state index contributed by atoms with van der Waals surface area (Å²) in [7, 11) is -3.50. The monoisotopic (exact) mass is 530 g/mol. The maximum atomic E-state index is 12.4. The molecule has 4 rings (SSSR count). The molecule has 7 nitrogen and oxygen atoms in total. The van der Waals surface area contributed by atoms with E-state index in [-0.39, 0.29) is 19.1 Å². The van der Waals surface area contributed by atoms with Crippen molar-refractivity contribution in [3.63, 3.8) is 0 Å². The van der Waals surface area contributed by atoms with E-state index in [4.69, 9.17) is 9.47 Å². The van der Waals surface area contributed by atoms with E-state index < -0.39 is 10.0 Å². The molecule has 0 atom stereocenters. The highest BCUT2D eigenvalue weighted by Crippen LogP contribution is 2.24. The second-order valence-corrected chi connectivity index (χ2v) is 10.8. The first-order valence-corrected chi connectivity index (χ1v) is 13.9.